The molecule has 2 bridgehead atoms. The highest BCUT2D eigenvalue weighted by atomic mass is 19.1. The zero-order valence-corrected chi connectivity index (χ0v) is 12.7. The van der Waals surface area contributed by atoms with Crippen LogP contribution in [0.5, 0.6) is 0 Å². The number of nitrogens with zero attached hydrogens (tertiary/aromatic N) is 1. The molecule has 0 aromatic heterocycles. The van der Waals surface area contributed by atoms with Crippen LogP contribution in [0.2, 0.25) is 0 Å². The fraction of sp³-hybridized carbons (Fsp3) is 0.588. The molecule has 2 saturated heterocycles. The summed E-state index contributed by atoms with van der Waals surface area (Å²) in [5.41, 5.74) is 0.979. The Morgan fingerprint density at radius 2 is 2.00 bits per heavy atom. The van der Waals surface area contributed by atoms with Crippen molar-refractivity contribution in [3.8, 4) is 0 Å². The van der Waals surface area contributed by atoms with Gasteiger partial charge in [0.15, 0.2) is 0 Å². The minimum Gasteiger partial charge on any atom is -0.352 e. The van der Waals surface area contributed by atoms with E-state index in [0.717, 1.165) is 18.4 Å². The van der Waals surface area contributed by atoms with Crippen LogP contribution in [0.15, 0.2) is 18.2 Å². The van der Waals surface area contributed by atoms with Crippen LogP contribution in [0.1, 0.15) is 41.6 Å². The molecule has 2 unspecified atom stereocenters. The van der Waals surface area contributed by atoms with Crippen LogP contribution in [-0.4, -0.2) is 36.5 Å². The second-order valence-corrected chi connectivity index (χ2v) is 6.58. The van der Waals surface area contributed by atoms with Crippen molar-refractivity contribution >= 4 is 5.91 Å². The predicted octanol–water partition coefficient (Wildman–Crippen LogP) is 2.74. The Labute approximate surface area is 125 Å². The van der Waals surface area contributed by atoms with Gasteiger partial charge in [-0.1, -0.05) is 6.07 Å². The van der Waals surface area contributed by atoms with Gasteiger partial charge in [-0.05, 0) is 63.3 Å². The lowest BCUT2D eigenvalue weighted by Crippen LogP contribution is -2.43. The van der Waals surface area contributed by atoms with E-state index < -0.39 is 5.82 Å². The molecule has 21 heavy (non-hydrogen) atoms. The Morgan fingerprint density at radius 3 is 2.62 bits per heavy atom. The van der Waals surface area contributed by atoms with Crippen LogP contribution < -0.4 is 5.32 Å². The Bertz CT molecular complexity index is 532. The molecule has 3 nitrogen and oxygen atoms in total. The summed E-state index contributed by atoms with van der Waals surface area (Å²) >= 11 is 0. The third-order valence-electron chi connectivity index (χ3n) is 5.12. The second kappa shape index (κ2) is 5.76. The highest BCUT2D eigenvalue weighted by Crippen LogP contribution is 2.37. The maximum absolute atomic E-state index is 13.8. The number of aryl methyl sites for hydroxylation is 1. The smallest absolute Gasteiger partial charge is 0.254 e. The van der Waals surface area contributed by atoms with Gasteiger partial charge in [-0.2, -0.15) is 0 Å². The third kappa shape index (κ3) is 2.95. The zero-order valence-electron chi connectivity index (χ0n) is 12.7. The van der Waals surface area contributed by atoms with Crippen molar-refractivity contribution in [3.63, 3.8) is 0 Å². The van der Waals surface area contributed by atoms with E-state index in [1.54, 1.807) is 12.1 Å². The van der Waals surface area contributed by atoms with Gasteiger partial charge in [0.2, 0.25) is 0 Å². The van der Waals surface area contributed by atoms with E-state index >= 15 is 0 Å². The van der Waals surface area contributed by atoms with Gasteiger partial charge in [-0.15, -0.1) is 0 Å². The minimum atomic E-state index is -0.434. The second-order valence-electron chi connectivity index (χ2n) is 6.58. The highest BCUT2D eigenvalue weighted by molar-refractivity contribution is 5.94. The van der Waals surface area contributed by atoms with E-state index in [-0.39, 0.29) is 11.5 Å². The number of fused-ring (bicyclic) bond motifs is 2. The number of benzene rings is 1. The van der Waals surface area contributed by atoms with Crippen LogP contribution in [0, 0.1) is 18.7 Å². The lowest BCUT2D eigenvalue weighted by atomic mass is 9.91. The van der Waals surface area contributed by atoms with E-state index in [4.69, 9.17) is 0 Å². The standard InChI is InChI=1S/C17H23FN2O/c1-11-3-6-15(16(18)7-11)17(21)19-10-12-8-13-4-5-14(9-12)20(13)2/h3,6-7,12-14H,4-5,8-10H2,1-2H3,(H,19,21). The number of halogens is 1. The zero-order chi connectivity index (χ0) is 15.0. The van der Waals surface area contributed by atoms with Gasteiger partial charge in [-0.25, -0.2) is 4.39 Å². The molecule has 114 valence electrons. The molecule has 2 aliphatic heterocycles. The molecule has 2 aliphatic rings. The molecule has 2 atom stereocenters. The van der Waals surface area contributed by atoms with Crippen molar-refractivity contribution in [1.29, 1.82) is 0 Å². The number of amides is 1. The number of hydrogen-bond acceptors (Lipinski definition) is 2. The van der Waals surface area contributed by atoms with E-state index in [1.807, 2.05) is 6.92 Å². The Kier molecular flexibility index (Phi) is 3.98. The van der Waals surface area contributed by atoms with Crippen LogP contribution in [0.3, 0.4) is 0 Å². The summed E-state index contributed by atoms with van der Waals surface area (Å²) < 4.78 is 13.8. The molecule has 4 heteroatoms. The first kappa shape index (κ1) is 14.5. The van der Waals surface area contributed by atoms with Gasteiger partial charge in [0.1, 0.15) is 5.82 Å². The molecule has 1 amide bonds. The van der Waals surface area contributed by atoms with E-state index in [2.05, 4.69) is 17.3 Å². The predicted molar refractivity (Wildman–Crippen MR) is 80.8 cm³/mol. The fourth-order valence-electron chi connectivity index (χ4n) is 3.83. The van der Waals surface area contributed by atoms with Gasteiger partial charge < -0.3 is 10.2 Å². The van der Waals surface area contributed by atoms with E-state index in [1.165, 1.54) is 18.9 Å². The number of carbonyl (C=O) groups is 1. The average Bonchev–Trinajstić information content (AvgIpc) is 2.67. The summed E-state index contributed by atoms with van der Waals surface area (Å²) in [6, 6.07) is 6.08. The molecular weight excluding hydrogens is 267 g/mol. The number of nitrogens with one attached hydrogen (secondary N) is 1. The molecule has 2 heterocycles. The topological polar surface area (TPSA) is 32.3 Å². The third-order valence-corrected chi connectivity index (χ3v) is 5.12. The molecular formula is C17H23FN2O. The summed E-state index contributed by atoms with van der Waals surface area (Å²) in [7, 11) is 2.21. The molecule has 0 spiro atoms. The van der Waals surface area contributed by atoms with Crippen molar-refractivity contribution in [1.82, 2.24) is 10.2 Å². The summed E-state index contributed by atoms with van der Waals surface area (Å²) in [6.45, 7) is 2.48. The summed E-state index contributed by atoms with van der Waals surface area (Å²) in [5, 5.41) is 2.92. The van der Waals surface area contributed by atoms with Crippen LogP contribution >= 0.6 is 0 Å². The first-order valence-corrected chi connectivity index (χ1v) is 7.81. The molecule has 3 rings (SSSR count). The molecule has 1 aromatic carbocycles. The summed E-state index contributed by atoms with van der Waals surface area (Å²) in [5.74, 6) is -0.203. The maximum atomic E-state index is 13.8. The molecule has 1 aromatic rings. The largest absolute Gasteiger partial charge is 0.352 e. The maximum Gasteiger partial charge on any atom is 0.254 e. The quantitative estimate of drug-likeness (QED) is 0.928. The fourth-order valence-corrected chi connectivity index (χ4v) is 3.83. The Hall–Kier alpha value is -1.42. The summed E-state index contributed by atoms with van der Waals surface area (Å²) in [4.78, 5) is 14.6. The molecule has 0 aliphatic carbocycles. The van der Waals surface area contributed by atoms with Crippen molar-refractivity contribution in [2.45, 2.75) is 44.7 Å². The molecule has 0 saturated carbocycles. The molecule has 1 N–H and O–H groups in total. The molecule has 2 fully saturated rings. The van der Waals surface area contributed by atoms with Gasteiger partial charge in [0, 0.05) is 18.6 Å². The number of hydrogen-bond donors (Lipinski definition) is 1. The normalized spacial score (nSPS) is 28.6. The van der Waals surface area contributed by atoms with Crippen molar-refractivity contribution in [2.24, 2.45) is 5.92 Å². The van der Waals surface area contributed by atoms with Gasteiger partial charge >= 0.3 is 0 Å². The highest BCUT2D eigenvalue weighted by Gasteiger charge is 2.38. The first-order chi connectivity index (χ1) is 10.0. The molecule has 0 radical (unpaired) electrons. The van der Waals surface area contributed by atoms with Crippen molar-refractivity contribution in [2.75, 3.05) is 13.6 Å². The number of carbonyl (C=O) groups excluding carboxylic acids is 1. The monoisotopic (exact) mass is 290 g/mol. The Balaban J connectivity index is 1.57. The van der Waals surface area contributed by atoms with E-state index in [0.29, 0.717) is 24.5 Å². The van der Waals surface area contributed by atoms with Crippen molar-refractivity contribution in [3.05, 3.63) is 35.1 Å². The van der Waals surface area contributed by atoms with Crippen LogP contribution in [-0.2, 0) is 0 Å². The van der Waals surface area contributed by atoms with E-state index in [9.17, 15) is 9.18 Å². The first-order valence-electron chi connectivity index (χ1n) is 7.81. The summed E-state index contributed by atoms with van der Waals surface area (Å²) in [6.07, 6.45) is 4.84. The number of piperidine rings is 1. The van der Waals surface area contributed by atoms with Gasteiger partial charge in [0.05, 0.1) is 5.56 Å². The van der Waals surface area contributed by atoms with Gasteiger partial charge in [-0.3, -0.25) is 4.79 Å². The van der Waals surface area contributed by atoms with Crippen LogP contribution in [0.4, 0.5) is 4.39 Å². The minimum absolute atomic E-state index is 0.150. The Morgan fingerprint density at radius 1 is 1.33 bits per heavy atom. The lowest BCUT2D eigenvalue weighted by Gasteiger charge is -2.36. The van der Waals surface area contributed by atoms with Crippen LogP contribution in [0.25, 0.3) is 0 Å². The average molecular weight is 290 g/mol. The van der Waals surface area contributed by atoms with Gasteiger partial charge in [0.25, 0.3) is 5.91 Å². The number of rotatable bonds is 3. The SMILES string of the molecule is Cc1ccc(C(=O)NCC2CC3CCC(C2)N3C)c(F)c1. The lowest BCUT2D eigenvalue weighted by molar-refractivity contribution is 0.0913. The van der Waals surface area contributed by atoms with Crippen molar-refractivity contribution < 1.29 is 9.18 Å².